The van der Waals surface area contributed by atoms with Crippen LogP contribution in [0.4, 0.5) is 0 Å². The lowest BCUT2D eigenvalue weighted by Crippen LogP contribution is -2.34. The molecule has 0 aliphatic carbocycles. The van der Waals surface area contributed by atoms with Gasteiger partial charge in [0.25, 0.3) is 0 Å². The predicted molar refractivity (Wildman–Crippen MR) is 166 cm³/mol. The fourth-order valence-corrected chi connectivity index (χ4v) is 5.19. The first-order valence-corrected chi connectivity index (χ1v) is 18.1. The molecular weight excluding hydrogens is 577 g/mol. The number of unbranched alkanes of at least 4 members (excludes halogenated alkanes) is 17. The Labute approximate surface area is 259 Å². The van der Waals surface area contributed by atoms with Gasteiger partial charge in [-0.3, -0.25) is 23.4 Å². The van der Waals surface area contributed by atoms with Crippen molar-refractivity contribution in [2.24, 2.45) is 5.73 Å². The van der Waals surface area contributed by atoms with Gasteiger partial charge in [-0.05, 0) is 12.8 Å². The smallest absolute Gasteiger partial charge is 0.472 e. The highest BCUT2D eigenvalue weighted by atomic mass is 31.2. The normalized spacial score (nSPS) is 14.1. The number of carboxylic acids is 1. The van der Waals surface area contributed by atoms with E-state index in [-0.39, 0.29) is 19.4 Å². The summed E-state index contributed by atoms with van der Waals surface area (Å²) in [5, 5.41) is 8.80. The minimum absolute atomic E-state index is 0.167. The molecule has 0 heterocycles. The van der Waals surface area contributed by atoms with Crippen LogP contribution >= 0.6 is 7.82 Å². The SMILES string of the molecule is CCCCCCCCCCCCCCCC(=O)OC(COC(=O)CCCCCCCC)COP(=O)(O)OCC(N)C(=O)O. The van der Waals surface area contributed by atoms with Crippen molar-refractivity contribution in [2.45, 2.75) is 161 Å². The topological polar surface area (TPSA) is 172 Å². The average Bonchev–Trinajstić information content (AvgIpc) is 2.97. The predicted octanol–water partition coefficient (Wildman–Crippen LogP) is 7.22. The summed E-state index contributed by atoms with van der Waals surface area (Å²) in [4.78, 5) is 45.3. The molecule has 0 fully saturated rings. The van der Waals surface area contributed by atoms with Crippen LogP contribution in [-0.2, 0) is 37.5 Å². The summed E-state index contributed by atoms with van der Waals surface area (Å²) in [6.07, 6.45) is 20.7. The number of phosphoric ester groups is 1. The van der Waals surface area contributed by atoms with Crippen LogP contribution in [0.15, 0.2) is 0 Å². The molecule has 0 saturated carbocycles. The molecule has 0 bridgehead atoms. The Morgan fingerprint density at radius 3 is 1.47 bits per heavy atom. The van der Waals surface area contributed by atoms with Crippen LogP contribution in [-0.4, -0.2) is 59.9 Å². The second-order valence-electron chi connectivity index (χ2n) is 11.3. The summed E-state index contributed by atoms with van der Waals surface area (Å²) in [5.74, 6) is -2.38. The van der Waals surface area contributed by atoms with E-state index in [2.05, 4.69) is 18.4 Å². The molecule has 3 atom stereocenters. The standard InChI is InChI=1S/C31H60NO10P/c1-3-5-7-9-11-12-13-14-15-16-17-19-21-23-30(34)42-27(24-39-29(33)22-20-18-10-8-6-4-2)25-40-43(37,38)41-26-28(32)31(35)36/h27-28H,3-26,32H2,1-2H3,(H,35,36)(H,37,38). The van der Waals surface area contributed by atoms with E-state index in [0.29, 0.717) is 12.8 Å². The fourth-order valence-electron chi connectivity index (χ4n) is 4.42. The minimum atomic E-state index is -4.69. The van der Waals surface area contributed by atoms with Crippen molar-refractivity contribution in [3.8, 4) is 0 Å². The molecule has 0 radical (unpaired) electrons. The maximum Gasteiger partial charge on any atom is 0.472 e. The number of carboxylic acid groups (broad SMARTS) is 1. The van der Waals surface area contributed by atoms with Crippen molar-refractivity contribution in [1.29, 1.82) is 0 Å². The van der Waals surface area contributed by atoms with E-state index < -0.39 is 51.1 Å². The highest BCUT2D eigenvalue weighted by molar-refractivity contribution is 7.47. The van der Waals surface area contributed by atoms with Crippen molar-refractivity contribution < 1.29 is 47.5 Å². The van der Waals surface area contributed by atoms with Gasteiger partial charge in [0.15, 0.2) is 6.10 Å². The average molecular weight is 638 g/mol. The number of aliphatic carboxylic acids is 1. The number of rotatable bonds is 31. The molecule has 0 saturated heterocycles. The Morgan fingerprint density at radius 1 is 0.628 bits per heavy atom. The number of hydrogen-bond acceptors (Lipinski definition) is 9. The highest BCUT2D eigenvalue weighted by Gasteiger charge is 2.28. The number of carbonyl (C=O) groups excluding carboxylic acids is 2. The molecular formula is C31H60NO10P. The lowest BCUT2D eigenvalue weighted by atomic mass is 10.0. The van der Waals surface area contributed by atoms with Crippen LogP contribution in [0.3, 0.4) is 0 Å². The first-order chi connectivity index (χ1) is 20.6. The van der Waals surface area contributed by atoms with Gasteiger partial charge in [-0.25, -0.2) is 4.57 Å². The van der Waals surface area contributed by atoms with Crippen LogP contribution < -0.4 is 5.73 Å². The molecule has 0 rings (SSSR count). The number of phosphoric acid groups is 1. The van der Waals surface area contributed by atoms with Crippen LogP contribution in [0.2, 0.25) is 0 Å². The van der Waals surface area contributed by atoms with Crippen LogP contribution in [0.1, 0.15) is 149 Å². The van der Waals surface area contributed by atoms with Gasteiger partial charge in [0.2, 0.25) is 0 Å². The van der Waals surface area contributed by atoms with E-state index in [4.69, 9.17) is 24.8 Å². The third kappa shape index (κ3) is 27.7. The van der Waals surface area contributed by atoms with Gasteiger partial charge in [0.1, 0.15) is 12.6 Å². The first-order valence-electron chi connectivity index (χ1n) is 16.6. The molecule has 0 aromatic heterocycles. The number of esters is 2. The molecule has 0 aliphatic heterocycles. The molecule has 43 heavy (non-hydrogen) atoms. The molecule has 4 N–H and O–H groups in total. The minimum Gasteiger partial charge on any atom is -0.480 e. The van der Waals surface area contributed by atoms with E-state index in [9.17, 15) is 23.8 Å². The van der Waals surface area contributed by atoms with Crippen molar-refractivity contribution in [3.63, 3.8) is 0 Å². The maximum absolute atomic E-state index is 12.4. The van der Waals surface area contributed by atoms with Gasteiger partial charge >= 0.3 is 25.7 Å². The van der Waals surface area contributed by atoms with E-state index in [0.717, 1.165) is 51.4 Å². The number of ether oxygens (including phenoxy) is 2. The van der Waals surface area contributed by atoms with Crippen molar-refractivity contribution in [3.05, 3.63) is 0 Å². The molecule has 0 spiro atoms. The monoisotopic (exact) mass is 637 g/mol. The van der Waals surface area contributed by atoms with E-state index in [1.165, 1.54) is 57.8 Å². The Morgan fingerprint density at radius 2 is 1.02 bits per heavy atom. The summed E-state index contributed by atoms with van der Waals surface area (Å²) >= 11 is 0. The lowest BCUT2D eigenvalue weighted by Gasteiger charge is -2.20. The Balaban J connectivity index is 4.44. The van der Waals surface area contributed by atoms with Gasteiger partial charge in [0.05, 0.1) is 13.2 Å². The molecule has 0 aromatic carbocycles. The van der Waals surface area contributed by atoms with Crippen LogP contribution in [0.5, 0.6) is 0 Å². The van der Waals surface area contributed by atoms with Gasteiger partial charge in [-0.1, -0.05) is 123 Å². The Kier molecular flexibility index (Phi) is 27.0. The van der Waals surface area contributed by atoms with Gasteiger partial charge < -0.3 is 25.2 Å². The zero-order valence-electron chi connectivity index (χ0n) is 26.8. The molecule has 0 aromatic rings. The molecule has 12 heteroatoms. The summed E-state index contributed by atoms with van der Waals surface area (Å²) < 4.78 is 32.3. The quantitative estimate of drug-likeness (QED) is 0.0398. The Bertz CT molecular complexity index is 767. The molecule has 0 amide bonds. The third-order valence-corrected chi connectivity index (χ3v) is 8.06. The summed E-state index contributed by atoms with van der Waals surface area (Å²) in [5.41, 5.74) is 5.28. The van der Waals surface area contributed by atoms with Gasteiger partial charge in [0, 0.05) is 12.8 Å². The van der Waals surface area contributed by atoms with Crippen molar-refractivity contribution >= 4 is 25.7 Å². The van der Waals surface area contributed by atoms with Crippen LogP contribution in [0, 0.1) is 0 Å². The third-order valence-electron chi connectivity index (χ3n) is 7.11. The molecule has 254 valence electrons. The number of nitrogens with two attached hydrogens (primary N) is 1. The number of hydrogen-bond donors (Lipinski definition) is 3. The summed E-state index contributed by atoms with van der Waals surface area (Å²) in [6.45, 7) is 2.70. The molecule has 0 aliphatic rings. The van der Waals surface area contributed by atoms with Gasteiger partial charge in [-0.15, -0.1) is 0 Å². The zero-order valence-corrected chi connectivity index (χ0v) is 27.7. The number of carbonyl (C=O) groups is 3. The maximum atomic E-state index is 12.4. The molecule has 11 nitrogen and oxygen atoms in total. The highest BCUT2D eigenvalue weighted by Crippen LogP contribution is 2.43. The molecule has 3 unspecified atom stereocenters. The summed E-state index contributed by atoms with van der Waals surface area (Å²) in [7, 11) is -4.69. The van der Waals surface area contributed by atoms with Crippen molar-refractivity contribution in [2.75, 3.05) is 19.8 Å². The fraction of sp³-hybridized carbons (Fsp3) is 0.903. The Hall–Kier alpha value is -1.52. The van der Waals surface area contributed by atoms with E-state index in [1.807, 2.05) is 0 Å². The zero-order chi connectivity index (χ0) is 32.2. The van der Waals surface area contributed by atoms with Gasteiger partial charge in [-0.2, -0.15) is 0 Å². The van der Waals surface area contributed by atoms with Crippen LogP contribution in [0.25, 0.3) is 0 Å². The second kappa shape index (κ2) is 28.0. The summed E-state index contributed by atoms with van der Waals surface area (Å²) in [6, 6.07) is -1.51. The van der Waals surface area contributed by atoms with Crippen molar-refractivity contribution in [1.82, 2.24) is 0 Å². The second-order valence-corrected chi connectivity index (χ2v) is 12.8. The largest absolute Gasteiger partial charge is 0.480 e. The van der Waals surface area contributed by atoms with E-state index >= 15 is 0 Å². The lowest BCUT2D eigenvalue weighted by molar-refractivity contribution is -0.161. The first kappa shape index (κ1) is 41.5. The van der Waals surface area contributed by atoms with E-state index in [1.54, 1.807) is 0 Å².